The molecule has 5 nitrogen and oxygen atoms in total. The predicted molar refractivity (Wildman–Crippen MR) is 116 cm³/mol. The fourth-order valence-electron chi connectivity index (χ4n) is 4.25. The second kappa shape index (κ2) is 8.73. The van der Waals surface area contributed by atoms with E-state index in [2.05, 4.69) is 27.0 Å². The zero-order valence-electron chi connectivity index (χ0n) is 16.9. The Labute approximate surface area is 180 Å². The lowest BCUT2D eigenvalue weighted by atomic mass is 9.73. The fraction of sp³-hybridized carbons (Fsp3) is 0.391. The van der Waals surface area contributed by atoms with Crippen LogP contribution in [0.3, 0.4) is 0 Å². The summed E-state index contributed by atoms with van der Waals surface area (Å²) in [4.78, 5) is 5.90. The zero-order chi connectivity index (χ0) is 21.1. The number of ether oxygens (including phenoxy) is 1. The lowest BCUT2D eigenvalue weighted by Crippen LogP contribution is -2.44. The molecule has 1 saturated heterocycles. The van der Waals surface area contributed by atoms with E-state index < -0.39 is 6.10 Å². The van der Waals surface area contributed by atoms with Crippen molar-refractivity contribution in [3.8, 4) is 0 Å². The number of aromatic amines is 1. The summed E-state index contributed by atoms with van der Waals surface area (Å²) in [5, 5.41) is 8.60. The van der Waals surface area contributed by atoms with E-state index in [9.17, 15) is 4.39 Å². The molecule has 1 aliphatic rings. The predicted octanol–water partition coefficient (Wildman–Crippen LogP) is 5.00. The van der Waals surface area contributed by atoms with Gasteiger partial charge >= 0.3 is 0 Å². The molecule has 4 rings (SSSR count). The number of hydrogen-bond acceptors (Lipinski definition) is 3. The van der Waals surface area contributed by atoms with Crippen LogP contribution < -0.4 is 0 Å². The van der Waals surface area contributed by atoms with Gasteiger partial charge in [0.25, 0.3) is 0 Å². The molecule has 30 heavy (non-hydrogen) atoms. The molecule has 1 unspecified atom stereocenters. The van der Waals surface area contributed by atoms with Gasteiger partial charge in [0.2, 0.25) is 6.54 Å². The van der Waals surface area contributed by atoms with Crippen molar-refractivity contribution in [3.05, 3.63) is 76.0 Å². The average molecular weight is 427 g/mol. The van der Waals surface area contributed by atoms with E-state index in [1.54, 1.807) is 6.20 Å². The third-order valence-electron chi connectivity index (χ3n) is 6.11. The van der Waals surface area contributed by atoms with Crippen molar-refractivity contribution in [3.63, 3.8) is 0 Å². The van der Waals surface area contributed by atoms with Gasteiger partial charge in [0.15, 0.2) is 6.10 Å². The summed E-state index contributed by atoms with van der Waals surface area (Å²) in [6.45, 7) is 9.95. The minimum atomic E-state index is -0.430. The van der Waals surface area contributed by atoms with Crippen molar-refractivity contribution >= 4 is 22.5 Å². The number of aromatic nitrogens is 2. The minimum absolute atomic E-state index is 0.188. The molecule has 2 aromatic carbocycles. The molecular weight excluding hydrogens is 403 g/mol. The van der Waals surface area contributed by atoms with Crippen LogP contribution >= 0.6 is 11.6 Å². The van der Waals surface area contributed by atoms with Crippen LogP contribution in [0.5, 0.6) is 0 Å². The molecule has 0 aliphatic carbocycles. The van der Waals surface area contributed by atoms with Crippen LogP contribution in [0, 0.1) is 12.4 Å². The third kappa shape index (κ3) is 4.20. The Bertz CT molecular complexity index is 1050. The Morgan fingerprint density at radius 3 is 2.73 bits per heavy atom. The highest BCUT2D eigenvalue weighted by atomic mass is 35.5. The largest absolute Gasteiger partial charge is 0.365 e. The number of rotatable bonds is 6. The summed E-state index contributed by atoms with van der Waals surface area (Å²) >= 11 is 6.31. The first-order valence-electron chi connectivity index (χ1n) is 10.0. The van der Waals surface area contributed by atoms with Gasteiger partial charge in [-0.15, -0.1) is 0 Å². The van der Waals surface area contributed by atoms with Crippen LogP contribution in [-0.2, 0) is 10.2 Å². The minimum Gasteiger partial charge on any atom is -0.365 e. The molecule has 1 aromatic heterocycles. The molecule has 0 bridgehead atoms. The van der Waals surface area contributed by atoms with Crippen LogP contribution in [0.4, 0.5) is 4.39 Å². The quantitative estimate of drug-likeness (QED) is 0.564. The maximum atomic E-state index is 13.5. The molecule has 0 amide bonds. The molecule has 3 aromatic rings. The van der Waals surface area contributed by atoms with Gasteiger partial charge in [-0.05, 0) is 62.8 Å². The molecule has 0 radical (unpaired) electrons. The molecule has 1 atom stereocenters. The Balaban J connectivity index is 1.64. The summed E-state index contributed by atoms with van der Waals surface area (Å²) in [5.74, 6) is -0.241. The smallest absolute Gasteiger partial charge is 0.244 e. The highest BCUT2D eigenvalue weighted by Gasteiger charge is 2.37. The Kier molecular flexibility index (Phi) is 6.05. The van der Waals surface area contributed by atoms with Gasteiger partial charge in [0.1, 0.15) is 5.82 Å². The summed E-state index contributed by atoms with van der Waals surface area (Å²) in [5.41, 5.74) is 2.54. The summed E-state index contributed by atoms with van der Waals surface area (Å²) < 4.78 is 20.0. The van der Waals surface area contributed by atoms with Gasteiger partial charge in [-0.3, -0.25) is 5.10 Å². The van der Waals surface area contributed by atoms with Gasteiger partial charge in [-0.25, -0.2) is 11.0 Å². The van der Waals surface area contributed by atoms with E-state index in [4.69, 9.17) is 22.9 Å². The van der Waals surface area contributed by atoms with Crippen LogP contribution in [0.2, 0.25) is 5.02 Å². The number of hydrogen-bond donors (Lipinski definition) is 1. The number of benzene rings is 2. The van der Waals surface area contributed by atoms with Gasteiger partial charge in [0, 0.05) is 21.4 Å². The fourth-order valence-corrected chi connectivity index (χ4v) is 4.49. The SMILES string of the molecule is [C-]#[N+]CC(OCC1(c2ccc(F)cc2)CCN(C)CC1)c1cc(Cl)cc2cn[nH]c12. The van der Waals surface area contributed by atoms with Crippen molar-refractivity contribution in [2.45, 2.75) is 24.4 Å². The number of fused-ring (bicyclic) bond motifs is 1. The normalized spacial score (nSPS) is 17.7. The molecule has 7 heteroatoms. The number of nitrogens with one attached hydrogen (secondary N) is 1. The van der Waals surface area contributed by atoms with Crippen molar-refractivity contribution in [1.82, 2.24) is 15.1 Å². The first-order valence-corrected chi connectivity index (χ1v) is 10.4. The van der Waals surface area contributed by atoms with E-state index in [1.165, 1.54) is 12.1 Å². The number of likely N-dealkylation sites (tertiary alicyclic amines) is 1. The second-order valence-electron chi connectivity index (χ2n) is 8.06. The third-order valence-corrected chi connectivity index (χ3v) is 6.33. The van der Waals surface area contributed by atoms with Gasteiger partial charge in [0.05, 0.1) is 18.3 Å². The second-order valence-corrected chi connectivity index (χ2v) is 8.50. The van der Waals surface area contributed by atoms with E-state index in [0.29, 0.717) is 11.6 Å². The number of nitrogens with zero attached hydrogens (tertiary/aromatic N) is 3. The maximum absolute atomic E-state index is 13.5. The molecule has 2 heterocycles. The van der Waals surface area contributed by atoms with Crippen molar-refractivity contribution < 1.29 is 9.13 Å². The lowest BCUT2D eigenvalue weighted by molar-refractivity contribution is 0.00572. The molecule has 1 fully saturated rings. The van der Waals surface area contributed by atoms with Crippen LogP contribution in [0.15, 0.2) is 42.6 Å². The van der Waals surface area contributed by atoms with E-state index in [1.807, 2.05) is 24.3 Å². The molecule has 1 aliphatic heterocycles. The Hall–Kier alpha value is -2.46. The van der Waals surface area contributed by atoms with Gasteiger partial charge < -0.3 is 14.5 Å². The summed E-state index contributed by atoms with van der Waals surface area (Å²) in [6, 6.07) is 10.4. The van der Waals surface area contributed by atoms with E-state index >= 15 is 0 Å². The van der Waals surface area contributed by atoms with Crippen molar-refractivity contribution in [1.29, 1.82) is 0 Å². The highest BCUT2D eigenvalue weighted by molar-refractivity contribution is 6.31. The van der Waals surface area contributed by atoms with E-state index in [0.717, 1.165) is 48.0 Å². The highest BCUT2D eigenvalue weighted by Crippen LogP contribution is 2.38. The topological polar surface area (TPSA) is 45.5 Å². The van der Waals surface area contributed by atoms with Crippen molar-refractivity contribution in [2.75, 3.05) is 33.3 Å². The monoisotopic (exact) mass is 426 g/mol. The Morgan fingerprint density at radius 2 is 2.03 bits per heavy atom. The van der Waals surface area contributed by atoms with Crippen molar-refractivity contribution in [2.24, 2.45) is 0 Å². The average Bonchev–Trinajstić information content (AvgIpc) is 3.21. The van der Waals surface area contributed by atoms with Gasteiger partial charge in [-0.1, -0.05) is 23.7 Å². The molecule has 1 N–H and O–H groups in total. The molecule has 0 spiro atoms. The first-order chi connectivity index (χ1) is 14.5. The number of piperidine rings is 1. The van der Waals surface area contributed by atoms with E-state index in [-0.39, 0.29) is 17.8 Å². The number of halogens is 2. The molecule has 0 saturated carbocycles. The Morgan fingerprint density at radius 1 is 1.30 bits per heavy atom. The maximum Gasteiger partial charge on any atom is 0.244 e. The van der Waals surface area contributed by atoms with Crippen LogP contribution in [0.1, 0.15) is 30.1 Å². The standard InChI is InChI=1S/C23H24ClFN4O/c1-26-14-21(20-12-18(24)11-16-13-27-28-22(16)20)30-15-23(7-9-29(2)10-8-23)17-3-5-19(25)6-4-17/h3-6,11-13,21H,7-10,14-15H2,2H3,(H,27,28). The van der Waals surface area contributed by atoms with Gasteiger partial charge in [-0.2, -0.15) is 5.10 Å². The lowest BCUT2D eigenvalue weighted by Gasteiger charge is -2.41. The number of H-pyrrole nitrogens is 1. The summed E-state index contributed by atoms with van der Waals surface area (Å²) in [6.07, 6.45) is 3.11. The summed E-state index contributed by atoms with van der Waals surface area (Å²) in [7, 11) is 2.11. The molecule has 156 valence electrons. The van der Waals surface area contributed by atoms with Crippen LogP contribution in [-0.4, -0.2) is 48.4 Å². The molecular formula is C23H24ClFN4O. The first kappa shape index (κ1) is 20.8. The van der Waals surface area contributed by atoms with Crippen LogP contribution in [0.25, 0.3) is 15.7 Å². The zero-order valence-corrected chi connectivity index (χ0v) is 17.6.